The van der Waals surface area contributed by atoms with Crippen LogP contribution in [0.3, 0.4) is 0 Å². The van der Waals surface area contributed by atoms with Crippen molar-refractivity contribution in [2.45, 2.75) is 26.2 Å². The van der Waals surface area contributed by atoms with E-state index in [1.165, 1.54) is 18.2 Å². The number of H-pyrrole nitrogens is 1. The van der Waals surface area contributed by atoms with Gasteiger partial charge in [-0.2, -0.15) is 0 Å². The summed E-state index contributed by atoms with van der Waals surface area (Å²) in [6.45, 7) is 4.16. The molecule has 0 unspecified atom stereocenters. The molecule has 1 aromatic carbocycles. The van der Waals surface area contributed by atoms with Gasteiger partial charge in [0.25, 0.3) is 11.5 Å². The van der Waals surface area contributed by atoms with Gasteiger partial charge in [-0.3, -0.25) is 9.59 Å². The molecule has 2 heterocycles. The molecule has 1 aromatic heterocycles. The molecule has 5 heteroatoms. The van der Waals surface area contributed by atoms with E-state index in [1.54, 1.807) is 0 Å². The highest BCUT2D eigenvalue weighted by atomic mass is 32.2. The summed E-state index contributed by atoms with van der Waals surface area (Å²) in [5.74, 6) is 0.986. The van der Waals surface area contributed by atoms with Crippen LogP contribution < -0.4 is 11.3 Å². The van der Waals surface area contributed by atoms with Crippen molar-refractivity contribution < 1.29 is 4.79 Å². The number of nitrogens with one attached hydrogen (secondary N) is 1. The Balaban J connectivity index is 0.000000299. The van der Waals surface area contributed by atoms with E-state index >= 15 is 0 Å². The fourth-order valence-corrected chi connectivity index (χ4v) is 2.78. The summed E-state index contributed by atoms with van der Waals surface area (Å²) in [5.41, 5.74) is 6.55. The van der Waals surface area contributed by atoms with Crippen LogP contribution in [0.15, 0.2) is 40.5 Å². The average molecular weight is 316 g/mol. The molecule has 0 saturated heterocycles. The number of benzene rings is 1. The molecule has 0 bridgehead atoms. The molecule has 3 N–H and O–H groups in total. The molecule has 0 fully saturated rings. The van der Waals surface area contributed by atoms with Gasteiger partial charge in [-0.05, 0) is 40.8 Å². The first-order valence-corrected chi connectivity index (χ1v) is 8.27. The second-order valence-corrected chi connectivity index (χ2v) is 6.42. The summed E-state index contributed by atoms with van der Waals surface area (Å²) in [6, 6.07) is 7.32. The minimum atomic E-state index is -0.707. The van der Waals surface area contributed by atoms with Crippen LogP contribution in [0, 0.1) is 0 Å². The number of hydrogen-bond donors (Lipinski definition) is 2. The van der Waals surface area contributed by atoms with Crippen LogP contribution in [0.4, 0.5) is 0 Å². The Morgan fingerprint density at radius 1 is 1.32 bits per heavy atom. The normalized spacial score (nSPS) is 13.2. The maximum absolute atomic E-state index is 11.6. The third kappa shape index (κ3) is 4.01. The zero-order chi connectivity index (χ0) is 16.1. The monoisotopic (exact) mass is 316 g/mol. The van der Waals surface area contributed by atoms with Gasteiger partial charge < -0.3 is 10.7 Å². The van der Waals surface area contributed by atoms with Crippen molar-refractivity contribution in [2.24, 2.45) is 5.73 Å². The fraction of sp³-hybridized carbons (Fsp3) is 0.294. The second-order valence-electron chi connectivity index (χ2n) is 5.41. The Morgan fingerprint density at radius 2 is 2.09 bits per heavy atom. The molecule has 0 saturated carbocycles. The van der Waals surface area contributed by atoms with Gasteiger partial charge in [0.15, 0.2) is 0 Å². The highest BCUT2D eigenvalue weighted by Crippen LogP contribution is 2.19. The first-order valence-electron chi connectivity index (χ1n) is 7.22. The number of aromatic nitrogens is 1. The number of carbonyl (C=O) groups is 1. The third-order valence-electron chi connectivity index (χ3n) is 3.40. The SMILES string of the molecule is C1=CSCC1.CC(C)c1ccc2cc(C(N)=O)c(=O)[nH]c2c1. The van der Waals surface area contributed by atoms with Crippen molar-refractivity contribution >= 4 is 28.6 Å². The molecule has 3 rings (SSSR count). The molecule has 116 valence electrons. The first-order chi connectivity index (χ1) is 10.5. The Kier molecular flexibility index (Phi) is 5.44. The molecule has 1 aliphatic rings. The Hall–Kier alpha value is -2.01. The lowest BCUT2D eigenvalue weighted by atomic mass is 10.0. The maximum atomic E-state index is 11.6. The number of fused-ring (bicyclic) bond motifs is 1. The summed E-state index contributed by atoms with van der Waals surface area (Å²) < 4.78 is 0. The van der Waals surface area contributed by atoms with E-state index in [-0.39, 0.29) is 5.56 Å². The zero-order valence-electron chi connectivity index (χ0n) is 12.8. The van der Waals surface area contributed by atoms with Crippen LogP contribution in [0.2, 0.25) is 0 Å². The molecule has 0 radical (unpaired) electrons. The molecule has 4 nitrogen and oxygen atoms in total. The number of hydrogen-bond acceptors (Lipinski definition) is 3. The topological polar surface area (TPSA) is 76.0 Å². The van der Waals surface area contributed by atoms with E-state index in [9.17, 15) is 9.59 Å². The van der Waals surface area contributed by atoms with Crippen molar-refractivity contribution in [1.82, 2.24) is 4.98 Å². The largest absolute Gasteiger partial charge is 0.365 e. The Bertz CT molecular complexity index is 757. The molecule has 0 spiro atoms. The maximum Gasteiger partial charge on any atom is 0.261 e. The Morgan fingerprint density at radius 3 is 2.59 bits per heavy atom. The number of carbonyl (C=O) groups excluding carboxylic acids is 1. The van der Waals surface area contributed by atoms with Gasteiger partial charge >= 0.3 is 0 Å². The van der Waals surface area contributed by atoms with Crippen molar-refractivity contribution in [3.05, 3.63) is 57.2 Å². The molecule has 0 atom stereocenters. The lowest BCUT2D eigenvalue weighted by Crippen LogP contribution is -2.23. The van der Waals surface area contributed by atoms with E-state index in [0.29, 0.717) is 5.92 Å². The summed E-state index contributed by atoms with van der Waals surface area (Å²) in [6.07, 6.45) is 3.48. The van der Waals surface area contributed by atoms with Crippen LogP contribution in [0.1, 0.15) is 42.1 Å². The molecule has 1 amide bonds. The highest BCUT2D eigenvalue weighted by molar-refractivity contribution is 8.02. The van der Waals surface area contributed by atoms with Crippen LogP contribution in [0.5, 0.6) is 0 Å². The lowest BCUT2D eigenvalue weighted by molar-refractivity contribution is 0.0999. The van der Waals surface area contributed by atoms with Gasteiger partial charge in [0.05, 0.1) is 0 Å². The summed E-state index contributed by atoms with van der Waals surface area (Å²) >= 11 is 1.89. The number of allylic oxidation sites excluding steroid dienone is 1. The summed E-state index contributed by atoms with van der Waals surface area (Å²) in [4.78, 5) is 25.3. The summed E-state index contributed by atoms with van der Waals surface area (Å²) in [5, 5.41) is 2.96. The van der Waals surface area contributed by atoms with Gasteiger partial charge in [-0.25, -0.2) is 0 Å². The van der Waals surface area contributed by atoms with Crippen LogP contribution >= 0.6 is 11.8 Å². The molecule has 22 heavy (non-hydrogen) atoms. The predicted octanol–water partition coefficient (Wildman–Crippen LogP) is 3.39. The van der Waals surface area contributed by atoms with E-state index in [2.05, 4.69) is 30.3 Å². The van der Waals surface area contributed by atoms with E-state index < -0.39 is 11.5 Å². The van der Waals surface area contributed by atoms with Gasteiger partial charge in [-0.1, -0.05) is 32.1 Å². The van der Waals surface area contributed by atoms with Crippen molar-refractivity contribution in [1.29, 1.82) is 0 Å². The molecular weight excluding hydrogens is 296 g/mol. The lowest BCUT2D eigenvalue weighted by Gasteiger charge is -2.07. The van der Waals surface area contributed by atoms with Gasteiger partial charge in [0, 0.05) is 11.3 Å². The Labute approximate surface area is 133 Å². The standard InChI is InChI=1S/C13H14N2O2.C4H6S/c1-7(2)8-3-4-9-5-10(12(14)16)13(17)15-11(9)6-8;1-2-4-5-3-1/h3-7H,1-2H3,(H2,14,16)(H,15,17);1,3H,2,4H2. The number of thioether (sulfide) groups is 1. The quantitative estimate of drug-likeness (QED) is 0.891. The molecule has 1 aliphatic heterocycles. The number of rotatable bonds is 2. The molecule has 2 aromatic rings. The minimum absolute atomic E-state index is 0.00482. The van der Waals surface area contributed by atoms with Gasteiger partial charge in [-0.15, -0.1) is 11.8 Å². The van der Waals surface area contributed by atoms with Gasteiger partial charge in [0.1, 0.15) is 5.56 Å². The number of primary amides is 1. The van der Waals surface area contributed by atoms with E-state index in [1.807, 2.05) is 30.0 Å². The fourth-order valence-electron chi connectivity index (χ4n) is 2.10. The average Bonchev–Trinajstić information content (AvgIpc) is 3.05. The molecule has 0 aliphatic carbocycles. The van der Waals surface area contributed by atoms with Crippen LogP contribution in [-0.2, 0) is 0 Å². The highest BCUT2D eigenvalue weighted by Gasteiger charge is 2.08. The number of pyridine rings is 1. The van der Waals surface area contributed by atoms with Gasteiger partial charge in [0.2, 0.25) is 0 Å². The molecular formula is C17H20N2O2S. The predicted molar refractivity (Wildman–Crippen MR) is 93.4 cm³/mol. The second kappa shape index (κ2) is 7.31. The van der Waals surface area contributed by atoms with Crippen LogP contribution in [-0.4, -0.2) is 16.6 Å². The smallest absolute Gasteiger partial charge is 0.261 e. The van der Waals surface area contributed by atoms with E-state index in [4.69, 9.17) is 5.73 Å². The number of amides is 1. The van der Waals surface area contributed by atoms with Crippen molar-refractivity contribution in [3.8, 4) is 0 Å². The van der Waals surface area contributed by atoms with Crippen LogP contribution in [0.25, 0.3) is 10.9 Å². The first kappa shape index (κ1) is 16.4. The summed E-state index contributed by atoms with van der Waals surface area (Å²) in [7, 11) is 0. The number of nitrogens with two attached hydrogens (primary N) is 1. The third-order valence-corrected chi connectivity index (χ3v) is 4.25. The van der Waals surface area contributed by atoms with E-state index in [0.717, 1.165) is 16.5 Å². The number of aromatic amines is 1. The minimum Gasteiger partial charge on any atom is -0.365 e. The van der Waals surface area contributed by atoms with Crippen molar-refractivity contribution in [2.75, 3.05) is 5.75 Å². The van der Waals surface area contributed by atoms with Crippen molar-refractivity contribution in [3.63, 3.8) is 0 Å². The zero-order valence-corrected chi connectivity index (χ0v) is 13.6.